The lowest BCUT2D eigenvalue weighted by Crippen LogP contribution is -2.43. The zero-order valence-electron chi connectivity index (χ0n) is 8.30. The Labute approximate surface area is 94.4 Å². The average molecular weight is 223 g/mol. The number of amides is 1. The second kappa shape index (κ2) is 4.68. The van der Waals surface area contributed by atoms with E-state index in [0.29, 0.717) is 19.7 Å². The number of hydrogen-bond donors (Lipinski definition) is 1. The molecule has 1 fully saturated rings. The van der Waals surface area contributed by atoms with Gasteiger partial charge in [0.2, 0.25) is 0 Å². The van der Waals surface area contributed by atoms with E-state index in [1.807, 2.05) is 30.3 Å². The van der Waals surface area contributed by atoms with Crippen molar-refractivity contribution in [3.8, 4) is 0 Å². The fraction of sp³-hybridized carbons (Fsp3) is 0.364. The standard InChI is InChI=1S/C11H13NO2S/c13-11(9-4-2-1-3-5-9)12-6-7-14-10(15)8-12/h1-5,10,15H,6-8H2. The van der Waals surface area contributed by atoms with Gasteiger partial charge in [-0.2, -0.15) is 0 Å². The Morgan fingerprint density at radius 3 is 2.80 bits per heavy atom. The minimum Gasteiger partial charge on any atom is -0.364 e. The van der Waals surface area contributed by atoms with Crippen molar-refractivity contribution in [1.29, 1.82) is 0 Å². The molecule has 0 spiro atoms. The van der Waals surface area contributed by atoms with E-state index in [2.05, 4.69) is 12.6 Å². The zero-order chi connectivity index (χ0) is 10.7. The van der Waals surface area contributed by atoms with E-state index in [-0.39, 0.29) is 11.3 Å². The van der Waals surface area contributed by atoms with Gasteiger partial charge in [-0.3, -0.25) is 4.79 Å². The normalized spacial score (nSPS) is 21.4. The van der Waals surface area contributed by atoms with Crippen LogP contribution in [0.15, 0.2) is 30.3 Å². The van der Waals surface area contributed by atoms with Crippen molar-refractivity contribution >= 4 is 18.5 Å². The molecule has 1 aliphatic rings. The van der Waals surface area contributed by atoms with Gasteiger partial charge >= 0.3 is 0 Å². The van der Waals surface area contributed by atoms with Crippen molar-refractivity contribution in [3.63, 3.8) is 0 Å². The van der Waals surface area contributed by atoms with Crippen LogP contribution in [-0.4, -0.2) is 35.9 Å². The van der Waals surface area contributed by atoms with Crippen LogP contribution in [0.3, 0.4) is 0 Å². The topological polar surface area (TPSA) is 29.5 Å². The van der Waals surface area contributed by atoms with Gasteiger partial charge in [0.25, 0.3) is 5.91 Å². The molecule has 1 unspecified atom stereocenters. The number of hydrogen-bond acceptors (Lipinski definition) is 3. The molecule has 1 aromatic rings. The summed E-state index contributed by atoms with van der Waals surface area (Å²) in [6.45, 7) is 1.76. The lowest BCUT2D eigenvalue weighted by atomic mass is 10.2. The van der Waals surface area contributed by atoms with Crippen LogP contribution in [0.25, 0.3) is 0 Å². The number of morpholine rings is 1. The maximum absolute atomic E-state index is 12.0. The summed E-state index contributed by atoms with van der Waals surface area (Å²) in [6.07, 6.45) is 0. The van der Waals surface area contributed by atoms with E-state index in [0.717, 1.165) is 5.56 Å². The number of carbonyl (C=O) groups is 1. The van der Waals surface area contributed by atoms with Gasteiger partial charge in [0.15, 0.2) is 0 Å². The van der Waals surface area contributed by atoms with Crippen molar-refractivity contribution in [2.24, 2.45) is 0 Å². The Hall–Kier alpha value is -1.00. The molecule has 1 aromatic carbocycles. The quantitative estimate of drug-likeness (QED) is 0.730. The fourth-order valence-corrected chi connectivity index (χ4v) is 1.88. The minimum absolute atomic E-state index is 0.0537. The van der Waals surface area contributed by atoms with Gasteiger partial charge in [-0.1, -0.05) is 18.2 Å². The summed E-state index contributed by atoms with van der Waals surface area (Å²) < 4.78 is 5.26. The molecular weight excluding hydrogens is 210 g/mol. The lowest BCUT2D eigenvalue weighted by Gasteiger charge is -2.30. The van der Waals surface area contributed by atoms with Crippen LogP contribution in [0.5, 0.6) is 0 Å². The third-order valence-electron chi connectivity index (χ3n) is 2.36. The number of ether oxygens (including phenoxy) is 1. The van der Waals surface area contributed by atoms with Crippen molar-refractivity contribution in [2.45, 2.75) is 5.44 Å². The fourth-order valence-electron chi connectivity index (χ4n) is 1.58. The average Bonchev–Trinajstić information content (AvgIpc) is 2.29. The molecule has 1 atom stereocenters. The molecule has 15 heavy (non-hydrogen) atoms. The molecule has 1 saturated heterocycles. The predicted molar refractivity (Wildman–Crippen MR) is 61.1 cm³/mol. The highest BCUT2D eigenvalue weighted by Crippen LogP contribution is 2.12. The highest BCUT2D eigenvalue weighted by atomic mass is 32.1. The summed E-state index contributed by atoms with van der Waals surface area (Å²) in [7, 11) is 0. The van der Waals surface area contributed by atoms with E-state index in [4.69, 9.17) is 4.74 Å². The third-order valence-corrected chi connectivity index (χ3v) is 2.67. The van der Waals surface area contributed by atoms with Gasteiger partial charge < -0.3 is 9.64 Å². The molecule has 80 valence electrons. The van der Waals surface area contributed by atoms with E-state index >= 15 is 0 Å². The Kier molecular flexibility index (Phi) is 3.28. The molecule has 0 bridgehead atoms. The maximum atomic E-state index is 12.0. The second-order valence-electron chi connectivity index (χ2n) is 3.44. The molecule has 0 N–H and O–H groups in total. The molecule has 2 rings (SSSR count). The van der Waals surface area contributed by atoms with Gasteiger partial charge in [0.1, 0.15) is 5.44 Å². The first-order valence-electron chi connectivity index (χ1n) is 4.91. The van der Waals surface area contributed by atoms with Crippen LogP contribution in [0.4, 0.5) is 0 Å². The maximum Gasteiger partial charge on any atom is 0.254 e. The van der Waals surface area contributed by atoms with E-state index in [1.165, 1.54) is 0 Å². The summed E-state index contributed by atoms with van der Waals surface area (Å²) in [4.78, 5) is 13.8. The Morgan fingerprint density at radius 1 is 1.40 bits per heavy atom. The first-order chi connectivity index (χ1) is 7.27. The van der Waals surface area contributed by atoms with Gasteiger partial charge in [-0.15, -0.1) is 12.6 Å². The molecular formula is C11H13NO2S. The van der Waals surface area contributed by atoms with Crippen LogP contribution in [0.2, 0.25) is 0 Å². The van der Waals surface area contributed by atoms with Crippen LogP contribution < -0.4 is 0 Å². The van der Waals surface area contributed by atoms with Crippen LogP contribution in [0, 0.1) is 0 Å². The highest BCUT2D eigenvalue weighted by molar-refractivity contribution is 7.80. The molecule has 0 saturated carbocycles. The zero-order valence-corrected chi connectivity index (χ0v) is 9.19. The number of carbonyl (C=O) groups excluding carboxylic acids is 1. The third kappa shape index (κ3) is 2.52. The molecule has 0 radical (unpaired) electrons. The van der Waals surface area contributed by atoms with Gasteiger partial charge in [0.05, 0.1) is 13.2 Å². The highest BCUT2D eigenvalue weighted by Gasteiger charge is 2.22. The van der Waals surface area contributed by atoms with Gasteiger partial charge in [-0.25, -0.2) is 0 Å². The first kappa shape index (κ1) is 10.5. The minimum atomic E-state index is -0.161. The predicted octanol–water partition coefficient (Wildman–Crippen LogP) is 1.41. The van der Waals surface area contributed by atoms with Crippen molar-refractivity contribution in [3.05, 3.63) is 35.9 Å². The van der Waals surface area contributed by atoms with Gasteiger partial charge in [-0.05, 0) is 12.1 Å². The van der Waals surface area contributed by atoms with Crippen LogP contribution in [0.1, 0.15) is 10.4 Å². The summed E-state index contributed by atoms with van der Waals surface area (Å²) in [5.74, 6) is 0.0537. The smallest absolute Gasteiger partial charge is 0.254 e. The SMILES string of the molecule is O=C(c1ccccc1)N1CCOC(S)C1. The molecule has 1 amide bonds. The number of benzene rings is 1. The van der Waals surface area contributed by atoms with Gasteiger partial charge in [0, 0.05) is 12.1 Å². The molecule has 3 nitrogen and oxygen atoms in total. The Balaban J connectivity index is 2.08. The van der Waals surface area contributed by atoms with E-state index in [9.17, 15) is 4.79 Å². The molecule has 0 aromatic heterocycles. The van der Waals surface area contributed by atoms with Crippen LogP contribution >= 0.6 is 12.6 Å². The summed E-state index contributed by atoms with van der Waals surface area (Å²) in [5, 5.41) is 0. The first-order valence-corrected chi connectivity index (χ1v) is 5.43. The van der Waals surface area contributed by atoms with E-state index < -0.39 is 0 Å². The van der Waals surface area contributed by atoms with Crippen LogP contribution in [-0.2, 0) is 4.74 Å². The second-order valence-corrected chi connectivity index (χ2v) is 4.02. The Morgan fingerprint density at radius 2 is 2.13 bits per heavy atom. The largest absolute Gasteiger partial charge is 0.364 e. The molecule has 1 aliphatic heterocycles. The van der Waals surface area contributed by atoms with Crippen molar-refractivity contribution in [1.82, 2.24) is 4.90 Å². The Bertz CT molecular complexity index is 342. The molecule has 1 heterocycles. The van der Waals surface area contributed by atoms with Crippen molar-refractivity contribution < 1.29 is 9.53 Å². The van der Waals surface area contributed by atoms with E-state index in [1.54, 1.807) is 4.90 Å². The molecule has 0 aliphatic carbocycles. The monoisotopic (exact) mass is 223 g/mol. The summed E-state index contributed by atoms with van der Waals surface area (Å²) in [6, 6.07) is 9.28. The summed E-state index contributed by atoms with van der Waals surface area (Å²) in [5.41, 5.74) is 0.561. The lowest BCUT2D eigenvalue weighted by molar-refractivity contribution is 0.0178. The number of nitrogens with zero attached hydrogens (tertiary/aromatic N) is 1. The number of thiol groups is 1. The molecule has 4 heteroatoms. The number of rotatable bonds is 1. The summed E-state index contributed by atoms with van der Waals surface area (Å²) >= 11 is 4.21. The van der Waals surface area contributed by atoms with Crippen molar-refractivity contribution in [2.75, 3.05) is 19.7 Å².